The van der Waals surface area contributed by atoms with Gasteiger partial charge in [-0.2, -0.15) is 5.10 Å². The predicted molar refractivity (Wildman–Crippen MR) is 72.4 cm³/mol. The van der Waals surface area contributed by atoms with Gasteiger partial charge < -0.3 is 10.1 Å². The minimum atomic E-state index is 0.602. The van der Waals surface area contributed by atoms with Crippen molar-refractivity contribution < 1.29 is 4.74 Å². The van der Waals surface area contributed by atoms with Crippen LogP contribution in [-0.4, -0.2) is 41.6 Å². The number of hydrogen-bond acceptors (Lipinski definition) is 4. The van der Waals surface area contributed by atoms with Crippen molar-refractivity contribution in [1.82, 2.24) is 20.1 Å². The van der Waals surface area contributed by atoms with Crippen molar-refractivity contribution >= 4 is 0 Å². The Balaban J connectivity index is 2.42. The molecule has 5 nitrogen and oxygen atoms in total. The van der Waals surface area contributed by atoms with E-state index in [1.54, 1.807) is 13.4 Å². The molecule has 1 atom stereocenters. The minimum Gasteiger partial charge on any atom is -0.383 e. The second-order valence-electron chi connectivity index (χ2n) is 5.20. The molecule has 1 aromatic rings. The van der Waals surface area contributed by atoms with Crippen molar-refractivity contribution in [3.05, 3.63) is 12.2 Å². The van der Waals surface area contributed by atoms with Gasteiger partial charge in [-0.05, 0) is 24.8 Å². The molecule has 0 spiro atoms. The van der Waals surface area contributed by atoms with Crippen molar-refractivity contribution in [1.29, 1.82) is 0 Å². The smallest absolute Gasteiger partial charge is 0.138 e. The fourth-order valence-corrected chi connectivity index (χ4v) is 2.15. The first-order chi connectivity index (χ1) is 8.63. The van der Waals surface area contributed by atoms with E-state index >= 15 is 0 Å². The molecule has 1 rings (SSSR count). The number of rotatable bonds is 9. The highest BCUT2D eigenvalue weighted by Gasteiger charge is 2.14. The summed E-state index contributed by atoms with van der Waals surface area (Å²) in [4.78, 5) is 4.31. The van der Waals surface area contributed by atoms with Crippen LogP contribution in [0.4, 0.5) is 0 Å². The molecule has 0 aliphatic heterocycles. The first-order valence-electron chi connectivity index (χ1n) is 6.66. The van der Waals surface area contributed by atoms with Crippen LogP contribution in [0.3, 0.4) is 0 Å². The van der Waals surface area contributed by atoms with Gasteiger partial charge in [0.25, 0.3) is 0 Å². The van der Waals surface area contributed by atoms with Crippen LogP contribution in [0.15, 0.2) is 6.33 Å². The fraction of sp³-hybridized carbons (Fsp3) is 0.846. The Labute approximate surface area is 110 Å². The summed E-state index contributed by atoms with van der Waals surface area (Å²) in [5.41, 5.74) is 0. The third kappa shape index (κ3) is 5.60. The molecule has 1 N–H and O–H groups in total. The molecule has 0 fully saturated rings. The van der Waals surface area contributed by atoms with E-state index in [1.165, 1.54) is 6.42 Å². The molecular formula is C13H26N4O. The molecule has 0 aliphatic carbocycles. The standard InChI is InChI=1S/C13H26N4O/c1-11(2)7-12(9-14-5-6-18-4)8-13-15-10-16-17(13)3/h10-12,14H,5-9H2,1-4H3. The van der Waals surface area contributed by atoms with E-state index in [9.17, 15) is 0 Å². The van der Waals surface area contributed by atoms with Crippen LogP contribution in [0, 0.1) is 11.8 Å². The quantitative estimate of drug-likeness (QED) is 0.674. The van der Waals surface area contributed by atoms with E-state index in [0.29, 0.717) is 11.8 Å². The topological polar surface area (TPSA) is 52.0 Å². The lowest BCUT2D eigenvalue weighted by molar-refractivity contribution is 0.197. The van der Waals surface area contributed by atoms with Gasteiger partial charge in [0.1, 0.15) is 12.2 Å². The zero-order valence-corrected chi connectivity index (χ0v) is 12.0. The molecule has 5 heteroatoms. The summed E-state index contributed by atoms with van der Waals surface area (Å²) in [7, 11) is 3.68. The van der Waals surface area contributed by atoms with Gasteiger partial charge in [0.2, 0.25) is 0 Å². The zero-order chi connectivity index (χ0) is 13.4. The highest BCUT2D eigenvalue weighted by atomic mass is 16.5. The second-order valence-corrected chi connectivity index (χ2v) is 5.20. The van der Waals surface area contributed by atoms with Gasteiger partial charge in [-0.3, -0.25) is 4.68 Å². The molecule has 0 bridgehead atoms. The van der Waals surface area contributed by atoms with Crippen LogP contribution in [-0.2, 0) is 18.2 Å². The molecule has 0 aromatic carbocycles. The maximum absolute atomic E-state index is 5.04. The molecule has 104 valence electrons. The Morgan fingerprint density at radius 3 is 2.78 bits per heavy atom. The van der Waals surface area contributed by atoms with Gasteiger partial charge in [0, 0.05) is 27.1 Å². The summed E-state index contributed by atoms with van der Waals surface area (Å²) in [6.07, 6.45) is 3.81. The Morgan fingerprint density at radius 2 is 2.22 bits per heavy atom. The second kappa shape index (κ2) is 8.21. The largest absolute Gasteiger partial charge is 0.383 e. The van der Waals surface area contributed by atoms with Crippen LogP contribution in [0.5, 0.6) is 0 Å². The molecule has 0 amide bonds. The van der Waals surface area contributed by atoms with Crippen molar-refractivity contribution in [3.63, 3.8) is 0 Å². The lowest BCUT2D eigenvalue weighted by Gasteiger charge is -2.19. The summed E-state index contributed by atoms with van der Waals surface area (Å²) in [6, 6.07) is 0. The van der Waals surface area contributed by atoms with Crippen LogP contribution >= 0.6 is 0 Å². The molecule has 18 heavy (non-hydrogen) atoms. The first kappa shape index (κ1) is 15.1. The Bertz CT molecular complexity index is 325. The van der Waals surface area contributed by atoms with E-state index in [2.05, 4.69) is 29.2 Å². The average Bonchev–Trinajstić information content (AvgIpc) is 2.70. The van der Waals surface area contributed by atoms with Gasteiger partial charge in [0.15, 0.2) is 0 Å². The van der Waals surface area contributed by atoms with E-state index in [0.717, 1.165) is 31.9 Å². The van der Waals surface area contributed by atoms with Crippen molar-refractivity contribution in [2.24, 2.45) is 18.9 Å². The lowest BCUT2D eigenvalue weighted by atomic mass is 9.93. The molecule has 1 unspecified atom stereocenters. The number of aryl methyl sites for hydroxylation is 1. The van der Waals surface area contributed by atoms with Gasteiger partial charge in [-0.1, -0.05) is 13.8 Å². The van der Waals surface area contributed by atoms with E-state index in [1.807, 2.05) is 11.7 Å². The van der Waals surface area contributed by atoms with Gasteiger partial charge in [0.05, 0.1) is 6.61 Å². The fourth-order valence-electron chi connectivity index (χ4n) is 2.15. The monoisotopic (exact) mass is 254 g/mol. The SMILES string of the molecule is COCCNCC(Cc1ncnn1C)CC(C)C. The van der Waals surface area contributed by atoms with Crippen LogP contribution in [0.25, 0.3) is 0 Å². The number of nitrogens with one attached hydrogen (secondary N) is 1. The van der Waals surface area contributed by atoms with Crippen molar-refractivity contribution in [2.75, 3.05) is 26.8 Å². The third-order valence-corrected chi connectivity index (χ3v) is 3.00. The predicted octanol–water partition coefficient (Wildman–Crippen LogP) is 1.26. The van der Waals surface area contributed by atoms with Crippen LogP contribution < -0.4 is 5.32 Å². The Morgan fingerprint density at radius 1 is 1.44 bits per heavy atom. The Hall–Kier alpha value is -0.940. The van der Waals surface area contributed by atoms with E-state index in [4.69, 9.17) is 4.74 Å². The number of hydrogen-bond donors (Lipinski definition) is 1. The first-order valence-corrected chi connectivity index (χ1v) is 6.66. The summed E-state index contributed by atoms with van der Waals surface area (Å²) in [5.74, 6) is 2.37. The molecule has 1 heterocycles. The van der Waals surface area contributed by atoms with Gasteiger partial charge in [-0.15, -0.1) is 0 Å². The van der Waals surface area contributed by atoms with Crippen LogP contribution in [0.2, 0.25) is 0 Å². The maximum Gasteiger partial charge on any atom is 0.138 e. The minimum absolute atomic E-state index is 0.602. The van der Waals surface area contributed by atoms with E-state index < -0.39 is 0 Å². The molecular weight excluding hydrogens is 228 g/mol. The summed E-state index contributed by atoms with van der Waals surface area (Å²) in [6.45, 7) is 7.20. The number of methoxy groups -OCH3 is 1. The Kier molecular flexibility index (Phi) is 6.90. The number of aromatic nitrogens is 3. The van der Waals surface area contributed by atoms with Crippen LogP contribution in [0.1, 0.15) is 26.1 Å². The molecule has 1 aromatic heterocycles. The molecule has 0 radical (unpaired) electrons. The third-order valence-electron chi connectivity index (χ3n) is 3.00. The maximum atomic E-state index is 5.04. The van der Waals surface area contributed by atoms with Gasteiger partial charge in [-0.25, -0.2) is 4.98 Å². The zero-order valence-electron chi connectivity index (χ0n) is 12.0. The van der Waals surface area contributed by atoms with Gasteiger partial charge >= 0.3 is 0 Å². The molecule has 0 aliphatic rings. The van der Waals surface area contributed by atoms with Crippen molar-refractivity contribution in [2.45, 2.75) is 26.7 Å². The van der Waals surface area contributed by atoms with Crippen molar-refractivity contribution in [3.8, 4) is 0 Å². The molecule has 0 saturated carbocycles. The number of nitrogens with zero attached hydrogens (tertiary/aromatic N) is 3. The number of ether oxygens (including phenoxy) is 1. The highest BCUT2D eigenvalue weighted by molar-refractivity contribution is 4.87. The summed E-state index contributed by atoms with van der Waals surface area (Å²) in [5, 5.41) is 7.56. The lowest BCUT2D eigenvalue weighted by Crippen LogP contribution is -2.28. The average molecular weight is 254 g/mol. The normalized spacial score (nSPS) is 13.2. The highest BCUT2D eigenvalue weighted by Crippen LogP contribution is 2.15. The van der Waals surface area contributed by atoms with E-state index in [-0.39, 0.29) is 0 Å². The molecule has 0 saturated heterocycles. The summed E-state index contributed by atoms with van der Waals surface area (Å²) < 4.78 is 6.90. The summed E-state index contributed by atoms with van der Waals surface area (Å²) >= 11 is 0.